The first-order chi connectivity index (χ1) is 12.8. The number of likely N-dealkylation sites (tertiary alicyclic amines) is 1. The van der Waals surface area contributed by atoms with Gasteiger partial charge in [0, 0.05) is 12.2 Å². The lowest BCUT2D eigenvalue weighted by Crippen LogP contribution is -2.49. The van der Waals surface area contributed by atoms with Gasteiger partial charge in [-0.25, -0.2) is 13.6 Å². The van der Waals surface area contributed by atoms with E-state index in [0.29, 0.717) is 29.1 Å². The van der Waals surface area contributed by atoms with E-state index < -0.39 is 16.1 Å². The highest BCUT2D eigenvalue weighted by atomic mass is 32.2. The fourth-order valence-corrected chi connectivity index (χ4v) is 4.47. The highest BCUT2D eigenvalue weighted by molar-refractivity contribution is 7.88. The molecule has 1 saturated heterocycles. The number of nitrogens with one attached hydrogen (secondary N) is 1. The van der Waals surface area contributed by atoms with Gasteiger partial charge >= 0.3 is 0 Å². The van der Waals surface area contributed by atoms with Crippen LogP contribution in [0.5, 0.6) is 0 Å². The lowest BCUT2D eigenvalue weighted by atomic mass is 10.0. The molecule has 2 heterocycles. The first kappa shape index (κ1) is 19.5. The molecule has 9 heteroatoms. The van der Waals surface area contributed by atoms with E-state index in [1.54, 1.807) is 35.2 Å². The molecule has 0 spiro atoms. The maximum atomic E-state index is 12.7. The van der Waals surface area contributed by atoms with E-state index >= 15 is 0 Å². The van der Waals surface area contributed by atoms with Crippen molar-refractivity contribution in [3.05, 3.63) is 52.2 Å². The second-order valence-electron chi connectivity index (χ2n) is 6.48. The van der Waals surface area contributed by atoms with Crippen LogP contribution in [0.1, 0.15) is 34.5 Å². The Morgan fingerprint density at radius 3 is 2.56 bits per heavy atom. The fraction of sp³-hybridized carbons (Fsp3) is 0.333. The third kappa shape index (κ3) is 5.15. The summed E-state index contributed by atoms with van der Waals surface area (Å²) in [6, 6.07) is 9.54. The second-order valence-corrected chi connectivity index (χ2v) is 9.04. The van der Waals surface area contributed by atoms with Crippen molar-refractivity contribution in [2.24, 2.45) is 5.14 Å². The van der Waals surface area contributed by atoms with E-state index in [2.05, 4.69) is 5.32 Å². The highest BCUT2D eigenvalue weighted by Gasteiger charge is 2.33. The van der Waals surface area contributed by atoms with E-state index in [0.717, 1.165) is 12.8 Å². The highest BCUT2D eigenvalue weighted by Crippen LogP contribution is 2.23. The van der Waals surface area contributed by atoms with E-state index in [1.165, 1.54) is 11.3 Å². The summed E-state index contributed by atoms with van der Waals surface area (Å²) in [6.07, 6.45) is 2.38. The van der Waals surface area contributed by atoms with Gasteiger partial charge in [0.1, 0.15) is 6.04 Å². The summed E-state index contributed by atoms with van der Waals surface area (Å²) in [5, 5.41) is 9.70. The average molecular weight is 408 g/mol. The number of carbonyl (C=O) groups excluding carboxylic acids is 2. The largest absolute Gasteiger partial charge is 0.326 e. The third-order valence-corrected chi connectivity index (χ3v) is 5.98. The summed E-state index contributed by atoms with van der Waals surface area (Å²) >= 11 is 1.37. The molecule has 1 unspecified atom stereocenters. The molecule has 1 fully saturated rings. The van der Waals surface area contributed by atoms with Gasteiger partial charge in [0.15, 0.2) is 0 Å². The van der Waals surface area contributed by atoms with Crippen molar-refractivity contribution in [1.82, 2.24) is 4.90 Å². The van der Waals surface area contributed by atoms with Crippen LogP contribution >= 0.6 is 11.3 Å². The van der Waals surface area contributed by atoms with Crippen LogP contribution in [-0.2, 0) is 20.6 Å². The minimum absolute atomic E-state index is 0.117. The minimum Gasteiger partial charge on any atom is -0.326 e. The number of nitrogens with two attached hydrogens (primary N) is 1. The number of anilines is 1. The van der Waals surface area contributed by atoms with Gasteiger partial charge in [-0.1, -0.05) is 18.2 Å². The van der Waals surface area contributed by atoms with Crippen LogP contribution in [0.2, 0.25) is 0 Å². The zero-order valence-electron chi connectivity index (χ0n) is 14.6. The molecule has 3 N–H and O–H groups in total. The van der Waals surface area contributed by atoms with Crippen molar-refractivity contribution in [2.45, 2.75) is 31.1 Å². The number of benzene rings is 1. The molecule has 7 nitrogen and oxygen atoms in total. The smallest absolute Gasteiger partial charge is 0.264 e. The summed E-state index contributed by atoms with van der Waals surface area (Å²) in [5.74, 6) is -0.611. The lowest BCUT2D eigenvalue weighted by Gasteiger charge is -2.34. The van der Waals surface area contributed by atoms with Crippen LogP contribution in [0.4, 0.5) is 5.69 Å². The van der Waals surface area contributed by atoms with Crippen LogP contribution in [0.25, 0.3) is 0 Å². The predicted molar refractivity (Wildman–Crippen MR) is 105 cm³/mol. The number of carbonyl (C=O) groups is 2. The lowest BCUT2D eigenvalue weighted by molar-refractivity contribution is -0.121. The molecule has 0 bridgehead atoms. The Bertz CT molecular complexity index is 909. The first-order valence-corrected chi connectivity index (χ1v) is 11.2. The standard InChI is InChI=1S/C18H21N3O4S2/c19-27(24,25)12-13-6-8-14(9-7-13)20-17(22)15-4-1-2-10-21(15)18(23)16-5-3-11-26-16/h3,5-9,11,15H,1-2,4,10,12H2,(H,20,22)(H2,19,24,25). The van der Waals surface area contributed by atoms with Gasteiger partial charge in [-0.15, -0.1) is 11.3 Å². The Morgan fingerprint density at radius 2 is 1.93 bits per heavy atom. The van der Waals surface area contributed by atoms with E-state index in [9.17, 15) is 18.0 Å². The first-order valence-electron chi connectivity index (χ1n) is 8.58. The Hall–Kier alpha value is -2.23. The number of amides is 2. The number of rotatable bonds is 5. The summed E-state index contributed by atoms with van der Waals surface area (Å²) < 4.78 is 22.3. The second kappa shape index (κ2) is 8.20. The quantitative estimate of drug-likeness (QED) is 0.791. The number of primary sulfonamides is 1. The minimum atomic E-state index is -3.60. The SMILES string of the molecule is NS(=O)(=O)Cc1ccc(NC(=O)C2CCCCN2C(=O)c2cccs2)cc1. The molecule has 2 aromatic rings. The predicted octanol–water partition coefficient (Wildman–Crippen LogP) is 2.17. The van der Waals surface area contributed by atoms with Crippen molar-refractivity contribution in [1.29, 1.82) is 0 Å². The van der Waals surface area contributed by atoms with Crippen molar-refractivity contribution in [3.63, 3.8) is 0 Å². The summed E-state index contributed by atoms with van der Waals surface area (Å²) in [5.41, 5.74) is 1.09. The number of hydrogen-bond acceptors (Lipinski definition) is 5. The Labute approximate surface area is 162 Å². The van der Waals surface area contributed by atoms with Crippen molar-refractivity contribution in [3.8, 4) is 0 Å². The maximum Gasteiger partial charge on any atom is 0.264 e. The van der Waals surface area contributed by atoms with Crippen LogP contribution in [-0.4, -0.2) is 37.7 Å². The van der Waals surface area contributed by atoms with E-state index in [4.69, 9.17) is 5.14 Å². The Morgan fingerprint density at radius 1 is 1.19 bits per heavy atom. The van der Waals surface area contributed by atoms with E-state index in [-0.39, 0.29) is 17.6 Å². The van der Waals surface area contributed by atoms with Crippen molar-refractivity contribution >= 4 is 38.9 Å². The molecule has 27 heavy (non-hydrogen) atoms. The topological polar surface area (TPSA) is 110 Å². The van der Waals surface area contributed by atoms with Crippen LogP contribution in [0.15, 0.2) is 41.8 Å². The van der Waals surface area contributed by atoms with E-state index in [1.807, 2.05) is 11.4 Å². The number of piperidine rings is 1. The van der Waals surface area contributed by atoms with Crippen molar-refractivity contribution in [2.75, 3.05) is 11.9 Å². The normalized spacial score (nSPS) is 17.5. The molecule has 1 aromatic heterocycles. The van der Waals surface area contributed by atoms with Gasteiger partial charge in [0.05, 0.1) is 10.6 Å². The molecule has 3 rings (SSSR count). The van der Waals surface area contributed by atoms with Gasteiger partial charge in [0.25, 0.3) is 5.91 Å². The van der Waals surface area contributed by atoms with Gasteiger partial charge in [-0.05, 0) is 48.4 Å². The molecule has 1 aromatic carbocycles. The number of hydrogen-bond donors (Lipinski definition) is 2. The van der Waals surface area contributed by atoms with Gasteiger partial charge in [0.2, 0.25) is 15.9 Å². The summed E-state index contributed by atoms with van der Waals surface area (Å²) in [4.78, 5) is 27.7. The molecule has 1 aliphatic heterocycles. The van der Waals surface area contributed by atoms with Gasteiger partial charge in [-0.2, -0.15) is 0 Å². The Balaban J connectivity index is 1.69. The fourth-order valence-electron chi connectivity index (χ4n) is 3.13. The van der Waals surface area contributed by atoms with Crippen LogP contribution < -0.4 is 10.5 Å². The molecule has 0 saturated carbocycles. The monoisotopic (exact) mass is 407 g/mol. The zero-order chi connectivity index (χ0) is 19.4. The van der Waals surface area contributed by atoms with Gasteiger partial charge in [-0.3, -0.25) is 9.59 Å². The molecule has 0 radical (unpaired) electrons. The zero-order valence-corrected chi connectivity index (χ0v) is 16.3. The summed E-state index contributed by atoms with van der Waals surface area (Å²) in [6.45, 7) is 0.558. The molecule has 1 aliphatic rings. The molecule has 2 amide bonds. The number of sulfonamides is 1. The average Bonchev–Trinajstić information content (AvgIpc) is 3.16. The molecular weight excluding hydrogens is 386 g/mol. The molecule has 0 aliphatic carbocycles. The molecular formula is C18H21N3O4S2. The van der Waals surface area contributed by atoms with Crippen LogP contribution in [0.3, 0.4) is 0 Å². The molecule has 144 valence electrons. The van der Waals surface area contributed by atoms with Gasteiger partial charge < -0.3 is 10.2 Å². The Kier molecular flexibility index (Phi) is 5.93. The maximum absolute atomic E-state index is 12.7. The number of nitrogens with zero attached hydrogens (tertiary/aromatic N) is 1. The van der Waals surface area contributed by atoms with Crippen molar-refractivity contribution < 1.29 is 18.0 Å². The third-order valence-electron chi connectivity index (χ3n) is 4.39. The summed E-state index contributed by atoms with van der Waals surface area (Å²) in [7, 11) is -3.60. The van der Waals surface area contributed by atoms with Crippen LogP contribution in [0, 0.1) is 0 Å². The number of thiophene rings is 1. The molecule has 1 atom stereocenters.